The molecule has 138 valence electrons. The molecule has 0 spiro atoms. The van der Waals surface area contributed by atoms with Crippen molar-refractivity contribution in [2.24, 2.45) is 7.05 Å². The second-order valence-electron chi connectivity index (χ2n) is 6.90. The SMILES string of the molecule is Cn1cc(C(=O)N2CCCCC2c2ccc(-c3cccc(Cl)c3)nc2)cn1. The van der Waals surface area contributed by atoms with E-state index in [1.165, 1.54) is 0 Å². The summed E-state index contributed by atoms with van der Waals surface area (Å²) < 4.78 is 1.66. The van der Waals surface area contributed by atoms with Gasteiger partial charge in [-0.1, -0.05) is 29.8 Å². The zero-order valence-corrected chi connectivity index (χ0v) is 15.9. The van der Waals surface area contributed by atoms with Gasteiger partial charge in [-0.2, -0.15) is 5.10 Å². The van der Waals surface area contributed by atoms with E-state index < -0.39 is 0 Å². The van der Waals surface area contributed by atoms with Crippen molar-refractivity contribution >= 4 is 17.5 Å². The normalized spacial score (nSPS) is 17.1. The number of carbonyl (C=O) groups is 1. The lowest BCUT2D eigenvalue weighted by Gasteiger charge is -2.35. The van der Waals surface area contributed by atoms with E-state index in [9.17, 15) is 4.79 Å². The van der Waals surface area contributed by atoms with E-state index in [-0.39, 0.29) is 11.9 Å². The monoisotopic (exact) mass is 380 g/mol. The van der Waals surface area contributed by atoms with Crippen molar-refractivity contribution < 1.29 is 4.79 Å². The highest BCUT2D eigenvalue weighted by Crippen LogP contribution is 2.32. The van der Waals surface area contributed by atoms with Gasteiger partial charge in [0.05, 0.1) is 23.5 Å². The first kappa shape index (κ1) is 17.7. The zero-order chi connectivity index (χ0) is 18.8. The van der Waals surface area contributed by atoms with Crippen molar-refractivity contribution in [2.75, 3.05) is 6.54 Å². The predicted octanol–water partition coefficient (Wildman–Crippen LogP) is 4.50. The average Bonchev–Trinajstić information content (AvgIpc) is 3.14. The Hall–Kier alpha value is -2.66. The molecule has 2 aromatic heterocycles. The van der Waals surface area contributed by atoms with E-state index in [4.69, 9.17) is 11.6 Å². The summed E-state index contributed by atoms with van der Waals surface area (Å²) >= 11 is 6.08. The van der Waals surface area contributed by atoms with Crippen molar-refractivity contribution in [3.63, 3.8) is 0 Å². The molecule has 0 bridgehead atoms. The van der Waals surface area contributed by atoms with Gasteiger partial charge >= 0.3 is 0 Å². The Balaban J connectivity index is 1.59. The number of hydrogen-bond acceptors (Lipinski definition) is 3. The average molecular weight is 381 g/mol. The van der Waals surface area contributed by atoms with Crippen LogP contribution in [-0.2, 0) is 7.05 Å². The van der Waals surface area contributed by atoms with E-state index in [0.29, 0.717) is 10.6 Å². The number of nitrogens with zero attached hydrogens (tertiary/aromatic N) is 4. The van der Waals surface area contributed by atoms with Crippen LogP contribution in [0.25, 0.3) is 11.3 Å². The quantitative estimate of drug-likeness (QED) is 0.672. The second kappa shape index (κ2) is 7.53. The summed E-state index contributed by atoms with van der Waals surface area (Å²) in [4.78, 5) is 19.5. The first-order chi connectivity index (χ1) is 13.1. The minimum Gasteiger partial charge on any atom is -0.331 e. The Kier molecular flexibility index (Phi) is 4.94. The first-order valence-corrected chi connectivity index (χ1v) is 9.51. The van der Waals surface area contributed by atoms with Crippen molar-refractivity contribution in [1.82, 2.24) is 19.7 Å². The van der Waals surface area contributed by atoms with Crippen LogP contribution >= 0.6 is 11.6 Å². The van der Waals surface area contributed by atoms with Crippen LogP contribution in [0.2, 0.25) is 5.02 Å². The maximum absolute atomic E-state index is 13.0. The number of likely N-dealkylation sites (tertiary alicyclic amines) is 1. The van der Waals surface area contributed by atoms with Crippen LogP contribution < -0.4 is 0 Å². The lowest BCUT2D eigenvalue weighted by molar-refractivity contribution is 0.0611. The molecule has 27 heavy (non-hydrogen) atoms. The summed E-state index contributed by atoms with van der Waals surface area (Å²) in [6, 6.07) is 11.8. The molecule has 6 heteroatoms. The highest BCUT2D eigenvalue weighted by Gasteiger charge is 2.29. The van der Waals surface area contributed by atoms with Crippen LogP contribution in [0.1, 0.15) is 41.2 Å². The van der Waals surface area contributed by atoms with Gasteiger partial charge in [0, 0.05) is 36.6 Å². The molecular weight excluding hydrogens is 360 g/mol. The van der Waals surface area contributed by atoms with Crippen molar-refractivity contribution in [3.8, 4) is 11.3 Å². The van der Waals surface area contributed by atoms with Gasteiger partial charge in [0.1, 0.15) is 0 Å². The molecule has 1 atom stereocenters. The molecule has 0 radical (unpaired) electrons. The summed E-state index contributed by atoms with van der Waals surface area (Å²) in [5.74, 6) is 0.0340. The van der Waals surface area contributed by atoms with Gasteiger partial charge in [0.2, 0.25) is 0 Å². The first-order valence-electron chi connectivity index (χ1n) is 9.13. The number of halogens is 1. The molecule has 4 rings (SSSR count). The number of amides is 1. The van der Waals surface area contributed by atoms with E-state index in [1.807, 2.05) is 48.5 Å². The third-order valence-electron chi connectivity index (χ3n) is 5.01. The molecule has 0 saturated carbocycles. The summed E-state index contributed by atoms with van der Waals surface area (Å²) in [5.41, 5.74) is 3.56. The van der Waals surface area contributed by atoms with E-state index >= 15 is 0 Å². The molecule has 1 aliphatic heterocycles. The minimum absolute atomic E-state index is 0.0340. The van der Waals surface area contributed by atoms with Gasteiger partial charge < -0.3 is 4.90 Å². The number of rotatable bonds is 3. The smallest absolute Gasteiger partial charge is 0.257 e. The molecular formula is C21H21ClN4O. The Morgan fingerprint density at radius 3 is 2.78 bits per heavy atom. The predicted molar refractivity (Wildman–Crippen MR) is 106 cm³/mol. The fourth-order valence-electron chi connectivity index (χ4n) is 3.64. The van der Waals surface area contributed by atoms with Gasteiger partial charge in [0.15, 0.2) is 0 Å². The molecule has 1 aliphatic rings. The van der Waals surface area contributed by atoms with E-state index in [0.717, 1.165) is 42.6 Å². The Morgan fingerprint density at radius 1 is 1.19 bits per heavy atom. The van der Waals surface area contributed by atoms with Crippen LogP contribution in [0, 0.1) is 0 Å². The van der Waals surface area contributed by atoms with Crippen molar-refractivity contribution in [3.05, 3.63) is 71.1 Å². The molecule has 1 fully saturated rings. The second-order valence-corrected chi connectivity index (χ2v) is 7.34. The molecule has 1 unspecified atom stereocenters. The van der Waals surface area contributed by atoms with Gasteiger partial charge in [-0.05, 0) is 43.0 Å². The lowest BCUT2D eigenvalue weighted by Crippen LogP contribution is -2.38. The molecule has 0 N–H and O–H groups in total. The third-order valence-corrected chi connectivity index (χ3v) is 5.24. The summed E-state index contributed by atoms with van der Waals surface area (Å²) in [6.45, 7) is 0.758. The van der Waals surface area contributed by atoms with Crippen LogP contribution in [0.5, 0.6) is 0 Å². The number of hydrogen-bond donors (Lipinski definition) is 0. The Morgan fingerprint density at radius 2 is 2.07 bits per heavy atom. The van der Waals surface area contributed by atoms with Crippen LogP contribution in [0.3, 0.4) is 0 Å². The van der Waals surface area contributed by atoms with E-state index in [2.05, 4.69) is 16.1 Å². The zero-order valence-electron chi connectivity index (χ0n) is 15.2. The highest BCUT2D eigenvalue weighted by molar-refractivity contribution is 6.30. The third kappa shape index (κ3) is 3.74. The number of aryl methyl sites for hydroxylation is 1. The van der Waals surface area contributed by atoms with Crippen molar-refractivity contribution in [1.29, 1.82) is 0 Å². The molecule has 1 aromatic carbocycles. The number of pyridine rings is 1. The van der Waals surface area contributed by atoms with Gasteiger partial charge in [-0.25, -0.2) is 0 Å². The van der Waals surface area contributed by atoms with Crippen molar-refractivity contribution in [2.45, 2.75) is 25.3 Å². The fraction of sp³-hybridized carbons (Fsp3) is 0.286. The maximum Gasteiger partial charge on any atom is 0.257 e. The number of benzene rings is 1. The molecule has 1 saturated heterocycles. The topological polar surface area (TPSA) is 51.0 Å². The van der Waals surface area contributed by atoms with E-state index in [1.54, 1.807) is 17.1 Å². The Bertz CT molecular complexity index is 951. The van der Waals surface area contributed by atoms with Gasteiger partial charge in [0.25, 0.3) is 5.91 Å². The van der Waals surface area contributed by atoms with Crippen LogP contribution in [-0.4, -0.2) is 32.1 Å². The molecule has 3 heterocycles. The number of carbonyl (C=O) groups excluding carboxylic acids is 1. The summed E-state index contributed by atoms with van der Waals surface area (Å²) in [6.07, 6.45) is 8.37. The standard InChI is InChI=1S/C21H21ClN4O/c1-25-14-17(13-24-25)21(27)26-10-3-2-7-20(26)16-8-9-19(23-12-16)15-5-4-6-18(22)11-15/h4-6,8-9,11-14,20H,2-3,7,10H2,1H3. The Labute approximate surface area is 163 Å². The molecule has 1 amide bonds. The van der Waals surface area contributed by atoms with Gasteiger partial charge in [-0.15, -0.1) is 0 Å². The largest absolute Gasteiger partial charge is 0.331 e. The number of aromatic nitrogens is 3. The molecule has 5 nitrogen and oxygen atoms in total. The fourth-order valence-corrected chi connectivity index (χ4v) is 3.83. The highest BCUT2D eigenvalue weighted by atomic mass is 35.5. The minimum atomic E-state index is 0.0340. The number of piperidine rings is 1. The van der Waals surface area contributed by atoms with Crippen LogP contribution in [0.15, 0.2) is 55.0 Å². The van der Waals surface area contributed by atoms with Crippen LogP contribution in [0.4, 0.5) is 0 Å². The maximum atomic E-state index is 13.0. The molecule has 3 aromatic rings. The van der Waals surface area contributed by atoms with Gasteiger partial charge in [-0.3, -0.25) is 14.5 Å². The molecule has 0 aliphatic carbocycles. The summed E-state index contributed by atoms with van der Waals surface area (Å²) in [5, 5.41) is 4.82. The lowest BCUT2D eigenvalue weighted by atomic mass is 9.95. The summed E-state index contributed by atoms with van der Waals surface area (Å²) in [7, 11) is 1.82.